The van der Waals surface area contributed by atoms with Gasteiger partial charge in [0.05, 0.1) is 18.3 Å². The average molecular weight is 230 g/mol. The van der Waals surface area contributed by atoms with E-state index >= 15 is 0 Å². The molecule has 0 fully saturated rings. The highest BCUT2D eigenvalue weighted by Crippen LogP contribution is 2.15. The van der Waals surface area contributed by atoms with Crippen LogP contribution in [0.25, 0.3) is 10.4 Å². The van der Waals surface area contributed by atoms with Gasteiger partial charge in [-0.05, 0) is 17.7 Å². The van der Waals surface area contributed by atoms with Gasteiger partial charge in [-0.3, -0.25) is 0 Å². The normalized spacial score (nSPS) is 14.1. The number of halogens is 1. The van der Waals surface area contributed by atoms with E-state index in [4.69, 9.17) is 17.1 Å². The fourth-order valence-corrected chi connectivity index (χ4v) is 1.00. The first kappa shape index (κ1) is 11.7. The third kappa shape index (κ3) is 3.34. The van der Waals surface area contributed by atoms with E-state index in [2.05, 4.69) is 20.2 Å². The van der Waals surface area contributed by atoms with Crippen molar-refractivity contribution < 1.29 is 10.2 Å². The van der Waals surface area contributed by atoms with E-state index < -0.39 is 12.2 Å². The van der Waals surface area contributed by atoms with Crippen LogP contribution in [0.3, 0.4) is 0 Å². The molecule has 0 aliphatic rings. The Hall–Kier alpha value is -1.40. The molecule has 15 heavy (non-hydrogen) atoms. The summed E-state index contributed by atoms with van der Waals surface area (Å²) in [7, 11) is 0. The van der Waals surface area contributed by atoms with Crippen molar-refractivity contribution in [3.63, 3.8) is 0 Å². The summed E-state index contributed by atoms with van der Waals surface area (Å²) in [5.74, 6) is 0. The fraction of sp³-hybridized carbons (Fsp3) is 0.429. The zero-order valence-corrected chi connectivity index (χ0v) is 8.28. The molecule has 1 rings (SSSR count). The van der Waals surface area contributed by atoms with Gasteiger partial charge in [-0.15, -0.1) is 5.10 Å². The zero-order chi connectivity index (χ0) is 11.3. The highest BCUT2D eigenvalue weighted by Gasteiger charge is 2.19. The van der Waals surface area contributed by atoms with Gasteiger partial charge in [0.1, 0.15) is 6.10 Å². The first-order valence-electron chi connectivity index (χ1n) is 4.01. The van der Waals surface area contributed by atoms with Crippen molar-refractivity contribution in [1.29, 1.82) is 0 Å². The summed E-state index contributed by atoms with van der Waals surface area (Å²) in [5.41, 5.74) is 8.19. The van der Waals surface area contributed by atoms with Crippen molar-refractivity contribution >= 4 is 11.6 Å². The third-order valence-electron chi connectivity index (χ3n) is 1.65. The molecule has 1 aromatic rings. The van der Waals surface area contributed by atoms with Gasteiger partial charge in [0.15, 0.2) is 5.15 Å². The van der Waals surface area contributed by atoms with Gasteiger partial charge in [-0.25, -0.2) is 0 Å². The van der Waals surface area contributed by atoms with Crippen LogP contribution in [0.2, 0.25) is 5.15 Å². The molecule has 0 spiro atoms. The highest BCUT2D eigenvalue weighted by molar-refractivity contribution is 6.29. The van der Waals surface area contributed by atoms with Crippen LogP contribution in [0.15, 0.2) is 17.2 Å². The number of azide groups is 1. The van der Waals surface area contributed by atoms with Crippen molar-refractivity contribution in [3.8, 4) is 0 Å². The Morgan fingerprint density at radius 2 is 2.20 bits per heavy atom. The van der Waals surface area contributed by atoms with E-state index in [-0.39, 0.29) is 17.4 Å². The van der Waals surface area contributed by atoms with Crippen LogP contribution in [0.1, 0.15) is 11.8 Å². The molecule has 0 aromatic carbocycles. The Balaban J connectivity index is 2.70. The van der Waals surface area contributed by atoms with Gasteiger partial charge in [0.25, 0.3) is 0 Å². The van der Waals surface area contributed by atoms with Crippen molar-refractivity contribution in [2.45, 2.75) is 12.2 Å². The molecule has 80 valence electrons. The maximum atomic E-state index is 9.53. The van der Waals surface area contributed by atoms with E-state index in [1.165, 1.54) is 12.1 Å². The Labute approximate surface area is 90.0 Å². The molecule has 2 N–H and O–H groups in total. The number of hydrogen-bond donors (Lipinski definition) is 2. The van der Waals surface area contributed by atoms with Crippen molar-refractivity contribution in [2.75, 3.05) is 6.54 Å². The lowest BCUT2D eigenvalue weighted by Crippen LogP contribution is -2.22. The molecular weight excluding hydrogens is 222 g/mol. The van der Waals surface area contributed by atoms with Gasteiger partial charge >= 0.3 is 0 Å². The van der Waals surface area contributed by atoms with Crippen LogP contribution >= 0.6 is 11.6 Å². The Kier molecular flexibility index (Phi) is 4.26. The van der Waals surface area contributed by atoms with Crippen LogP contribution in [0.5, 0.6) is 0 Å². The molecule has 0 bridgehead atoms. The molecule has 0 saturated heterocycles. The SMILES string of the molecule is [N-]=[N+]=NCC(O)C(O)c1ccc(Cl)nn1. The Morgan fingerprint density at radius 1 is 1.47 bits per heavy atom. The lowest BCUT2D eigenvalue weighted by atomic mass is 10.1. The largest absolute Gasteiger partial charge is 0.390 e. The van der Waals surface area contributed by atoms with Gasteiger partial charge in [-0.2, -0.15) is 5.10 Å². The van der Waals surface area contributed by atoms with Crippen LogP contribution in [-0.4, -0.2) is 33.1 Å². The summed E-state index contributed by atoms with van der Waals surface area (Å²) < 4.78 is 0. The van der Waals surface area contributed by atoms with Crippen LogP contribution in [0, 0.1) is 0 Å². The Morgan fingerprint density at radius 3 is 2.73 bits per heavy atom. The number of rotatable bonds is 4. The van der Waals surface area contributed by atoms with Crippen molar-refractivity contribution in [3.05, 3.63) is 33.4 Å². The standard InChI is InChI=1S/C7H8ClN5O2/c8-6-2-1-4(11-12-6)7(15)5(14)3-10-13-9/h1-2,5,7,14-15H,3H2. The summed E-state index contributed by atoms with van der Waals surface area (Å²) in [6.07, 6.45) is -2.46. The predicted molar refractivity (Wildman–Crippen MR) is 52.0 cm³/mol. The number of aliphatic hydroxyl groups is 2. The minimum Gasteiger partial charge on any atom is -0.390 e. The molecule has 0 aliphatic heterocycles. The summed E-state index contributed by atoms with van der Waals surface area (Å²) in [4.78, 5) is 2.46. The summed E-state index contributed by atoms with van der Waals surface area (Å²) in [6.45, 7) is -0.234. The van der Waals surface area contributed by atoms with Crippen molar-refractivity contribution in [1.82, 2.24) is 10.2 Å². The number of hydrogen-bond acceptors (Lipinski definition) is 5. The van der Waals surface area contributed by atoms with E-state index in [0.29, 0.717) is 0 Å². The second kappa shape index (κ2) is 5.47. The summed E-state index contributed by atoms with van der Waals surface area (Å²) in [6, 6.07) is 2.87. The average Bonchev–Trinajstić information content (AvgIpc) is 2.26. The molecule has 0 saturated carbocycles. The number of nitrogens with zero attached hydrogens (tertiary/aromatic N) is 5. The maximum absolute atomic E-state index is 9.53. The minimum absolute atomic E-state index is 0.167. The third-order valence-corrected chi connectivity index (χ3v) is 1.85. The molecule has 0 amide bonds. The molecule has 2 atom stereocenters. The fourth-order valence-electron chi connectivity index (χ4n) is 0.901. The first-order valence-corrected chi connectivity index (χ1v) is 4.39. The van der Waals surface area contributed by atoms with Crippen LogP contribution in [-0.2, 0) is 0 Å². The van der Waals surface area contributed by atoms with E-state index in [1.54, 1.807) is 0 Å². The van der Waals surface area contributed by atoms with Gasteiger partial charge in [-0.1, -0.05) is 16.7 Å². The lowest BCUT2D eigenvalue weighted by molar-refractivity contribution is 0.0212. The zero-order valence-electron chi connectivity index (χ0n) is 7.52. The van der Waals surface area contributed by atoms with Crippen LogP contribution < -0.4 is 0 Å². The van der Waals surface area contributed by atoms with E-state index in [1.807, 2.05) is 0 Å². The predicted octanol–water partition coefficient (Wildman–Crippen LogP) is 0.835. The smallest absolute Gasteiger partial charge is 0.151 e. The maximum Gasteiger partial charge on any atom is 0.151 e. The minimum atomic E-state index is -1.25. The molecule has 7 nitrogen and oxygen atoms in total. The van der Waals surface area contributed by atoms with Gasteiger partial charge in [0, 0.05) is 4.91 Å². The molecule has 8 heteroatoms. The summed E-state index contributed by atoms with van der Waals surface area (Å²) >= 11 is 5.50. The topological polar surface area (TPSA) is 115 Å². The first-order chi connectivity index (χ1) is 7.15. The van der Waals surface area contributed by atoms with Crippen molar-refractivity contribution in [2.24, 2.45) is 5.11 Å². The summed E-state index contributed by atoms with van der Waals surface area (Å²) in [5, 5.41) is 29.3. The van der Waals surface area contributed by atoms with Gasteiger partial charge in [0.2, 0.25) is 0 Å². The molecule has 0 aliphatic carbocycles. The molecule has 0 radical (unpaired) electrons. The Bertz CT molecular complexity index is 364. The molecular formula is C7H8ClN5O2. The van der Waals surface area contributed by atoms with Gasteiger partial charge < -0.3 is 10.2 Å². The molecule has 2 unspecified atom stereocenters. The number of aliphatic hydroxyl groups excluding tert-OH is 2. The van der Waals surface area contributed by atoms with E-state index in [9.17, 15) is 10.2 Å². The lowest BCUT2D eigenvalue weighted by Gasteiger charge is -2.14. The molecule has 1 heterocycles. The molecule has 1 aromatic heterocycles. The monoisotopic (exact) mass is 229 g/mol. The quantitative estimate of drug-likeness (QED) is 0.452. The van der Waals surface area contributed by atoms with E-state index in [0.717, 1.165) is 0 Å². The number of aromatic nitrogens is 2. The second-order valence-corrected chi connectivity index (χ2v) is 3.09. The second-order valence-electron chi connectivity index (χ2n) is 2.71. The highest BCUT2D eigenvalue weighted by atomic mass is 35.5. The van der Waals surface area contributed by atoms with Crippen LogP contribution in [0.4, 0.5) is 0 Å².